The molecule has 7 nitrogen and oxygen atoms in total. The highest BCUT2D eigenvalue weighted by Gasteiger charge is 2.18. The molecule has 0 fully saturated rings. The zero-order valence-electron chi connectivity index (χ0n) is 18.5. The number of H-pyrrole nitrogens is 1. The van der Waals surface area contributed by atoms with Crippen LogP contribution in [0, 0.1) is 0 Å². The van der Waals surface area contributed by atoms with Crippen molar-refractivity contribution in [2.45, 2.75) is 17.2 Å². The lowest BCUT2D eigenvalue weighted by atomic mass is 10.2. The molecule has 0 radical (unpaired) electrons. The predicted molar refractivity (Wildman–Crippen MR) is 139 cm³/mol. The zero-order valence-corrected chi connectivity index (χ0v) is 20.1. The third kappa shape index (κ3) is 4.36. The molecule has 0 spiro atoms. The van der Waals surface area contributed by atoms with Crippen LogP contribution in [0.2, 0.25) is 0 Å². The summed E-state index contributed by atoms with van der Waals surface area (Å²) in [6, 6.07) is 23.7. The molecule has 0 atom stereocenters. The lowest BCUT2D eigenvalue weighted by Crippen LogP contribution is -2.17. The lowest BCUT2D eigenvalue weighted by molar-refractivity contribution is 0.173. The number of para-hydroxylation sites is 2. The fourth-order valence-corrected chi connectivity index (χ4v) is 5.66. The summed E-state index contributed by atoms with van der Waals surface area (Å²) < 4.78 is 13.6. The van der Waals surface area contributed by atoms with E-state index in [2.05, 4.69) is 27.2 Å². The molecule has 0 bridgehead atoms. The van der Waals surface area contributed by atoms with Gasteiger partial charge in [-0.3, -0.25) is 14.9 Å². The number of hydrogen-bond acceptors (Lipinski definition) is 7. The number of nitrogens with zero attached hydrogens (tertiary/aromatic N) is 3. The average molecular weight is 501 g/mol. The molecule has 0 saturated heterocycles. The minimum absolute atomic E-state index is 0.172. The molecular formula is C26H20N4O3S2. The average Bonchev–Trinajstić information content (AvgIpc) is 3.61. The number of thioether (sulfide) groups is 1. The van der Waals surface area contributed by atoms with Gasteiger partial charge in [-0.05, 0) is 30.3 Å². The van der Waals surface area contributed by atoms with Crippen molar-refractivity contribution in [1.82, 2.24) is 14.8 Å². The molecule has 0 amide bonds. The molecule has 1 N–H and O–H groups in total. The van der Waals surface area contributed by atoms with Crippen LogP contribution in [0.4, 0.5) is 0 Å². The van der Waals surface area contributed by atoms with E-state index in [0.29, 0.717) is 28.7 Å². The number of nitrogens with one attached hydrogen (secondary N) is 1. The van der Waals surface area contributed by atoms with Gasteiger partial charge >= 0.3 is 0 Å². The molecule has 0 unspecified atom stereocenters. The van der Waals surface area contributed by atoms with Crippen molar-refractivity contribution in [2.75, 3.05) is 6.79 Å². The Bertz CT molecular complexity index is 1550. The van der Waals surface area contributed by atoms with Gasteiger partial charge in [0.05, 0.1) is 28.0 Å². The smallest absolute Gasteiger partial charge is 0.282 e. The van der Waals surface area contributed by atoms with Crippen LogP contribution in [0.5, 0.6) is 11.5 Å². The first-order valence-electron chi connectivity index (χ1n) is 11.0. The van der Waals surface area contributed by atoms with E-state index in [0.717, 1.165) is 32.1 Å². The van der Waals surface area contributed by atoms with E-state index in [4.69, 9.17) is 9.47 Å². The van der Waals surface area contributed by atoms with Crippen LogP contribution in [-0.2, 0) is 12.3 Å². The first-order chi connectivity index (χ1) is 17.3. The standard InChI is InChI=1S/C26H20N4O3S2/c31-25-19(14-27-13-17-7-6-11-22-24(17)33-16-32-22)21(15-34-18-8-2-1-3-9-18)29-30(25)26-28-20-10-4-5-12-23(20)35-26/h1-12,14,29H,13,15-16H2. The Balaban J connectivity index is 1.34. The van der Waals surface area contributed by atoms with Gasteiger partial charge in [0, 0.05) is 22.4 Å². The molecule has 1 aliphatic rings. The van der Waals surface area contributed by atoms with Crippen LogP contribution in [0.1, 0.15) is 16.8 Å². The Morgan fingerprint density at radius 2 is 1.91 bits per heavy atom. The molecule has 174 valence electrons. The molecule has 5 aromatic rings. The highest BCUT2D eigenvalue weighted by Crippen LogP contribution is 2.35. The van der Waals surface area contributed by atoms with E-state index in [-0.39, 0.29) is 12.4 Å². The van der Waals surface area contributed by atoms with Gasteiger partial charge < -0.3 is 9.47 Å². The van der Waals surface area contributed by atoms with Gasteiger partial charge in [0.25, 0.3) is 5.56 Å². The minimum Gasteiger partial charge on any atom is -0.454 e. The fourth-order valence-electron chi connectivity index (χ4n) is 3.85. The molecule has 35 heavy (non-hydrogen) atoms. The maximum absolute atomic E-state index is 13.5. The van der Waals surface area contributed by atoms with E-state index < -0.39 is 0 Å². The summed E-state index contributed by atoms with van der Waals surface area (Å²) in [6.07, 6.45) is 1.65. The van der Waals surface area contributed by atoms with Crippen LogP contribution in [0.25, 0.3) is 15.3 Å². The van der Waals surface area contributed by atoms with E-state index in [9.17, 15) is 4.79 Å². The Labute approximate surface area is 209 Å². The molecule has 0 aliphatic carbocycles. The van der Waals surface area contributed by atoms with Gasteiger partial charge in [-0.1, -0.05) is 53.8 Å². The molecular weight excluding hydrogens is 480 g/mol. The number of hydrogen-bond donors (Lipinski definition) is 1. The van der Waals surface area contributed by atoms with Crippen molar-refractivity contribution in [3.05, 3.63) is 100.0 Å². The summed E-state index contributed by atoms with van der Waals surface area (Å²) in [5, 5.41) is 3.89. The van der Waals surface area contributed by atoms with Crippen molar-refractivity contribution in [3.63, 3.8) is 0 Å². The van der Waals surface area contributed by atoms with Crippen LogP contribution in [0.3, 0.4) is 0 Å². The second-order valence-electron chi connectivity index (χ2n) is 7.83. The number of aromatic nitrogens is 3. The highest BCUT2D eigenvalue weighted by atomic mass is 32.2. The van der Waals surface area contributed by atoms with Crippen molar-refractivity contribution in [1.29, 1.82) is 0 Å². The maximum Gasteiger partial charge on any atom is 0.282 e. The monoisotopic (exact) mass is 500 g/mol. The van der Waals surface area contributed by atoms with Crippen LogP contribution < -0.4 is 15.0 Å². The van der Waals surface area contributed by atoms with Crippen LogP contribution in [0.15, 0.2) is 87.5 Å². The second-order valence-corrected chi connectivity index (χ2v) is 9.89. The number of fused-ring (bicyclic) bond motifs is 2. The van der Waals surface area contributed by atoms with Gasteiger partial charge in [0.1, 0.15) is 0 Å². The largest absolute Gasteiger partial charge is 0.454 e. The van der Waals surface area contributed by atoms with Gasteiger partial charge in [0.15, 0.2) is 11.5 Å². The number of rotatable bonds is 7. The molecule has 6 rings (SSSR count). The quantitative estimate of drug-likeness (QED) is 0.239. The maximum atomic E-state index is 13.5. The molecule has 2 aromatic heterocycles. The first-order valence-corrected chi connectivity index (χ1v) is 12.8. The van der Waals surface area contributed by atoms with E-state index in [1.807, 2.05) is 60.7 Å². The van der Waals surface area contributed by atoms with Crippen molar-refractivity contribution >= 4 is 39.5 Å². The zero-order chi connectivity index (χ0) is 23.6. The Hall–Kier alpha value is -3.82. The Kier molecular flexibility index (Phi) is 5.85. The summed E-state index contributed by atoms with van der Waals surface area (Å²) >= 11 is 3.13. The third-order valence-electron chi connectivity index (χ3n) is 5.57. The molecule has 0 saturated carbocycles. The van der Waals surface area contributed by atoms with E-state index in [1.54, 1.807) is 18.0 Å². The van der Waals surface area contributed by atoms with Gasteiger partial charge in [-0.25, -0.2) is 4.98 Å². The Morgan fingerprint density at radius 3 is 2.80 bits per heavy atom. The molecule has 3 heterocycles. The SMILES string of the molecule is O=c1c(C=NCc2cccc3c2OCO3)c(CSc2ccccc2)[nH]n1-c1nc2ccccc2s1. The third-order valence-corrected chi connectivity index (χ3v) is 7.63. The summed E-state index contributed by atoms with van der Waals surface area (Å²) in [7, 11) is 0. The first kappa shape index (κ1) is 21.7. The summed E-state index contributed by atoms with van der Waals surface area (Å²) in [6.45, 7) is 0.588. The van der Waals surface area contributed by atoms with Gasteiger partial charge in [-0.15, -0.1) is 11.8 Å². The minimum atomic E-state index is -0.172. The summed E-state index contributed by atoms with van der Waals surface area (Å²) in [4.78, 5) is 23.8. The number of thiazole rings is 1. The molecule has 1 aliphatic heterocycles. The van der Waals surface area contributed by atoms with Crippen LogP contribution in [-0.4, -0.2) is 27.8 Å². The van der Waals surface area contributed by atoms with Crippen molar-refractivity contribution in [3.8, 4) is 16.6 Å². The second kappa shape index (κ2) is 9.44. The number of aliphatic imine (C=N–C) groups is 1. The summed E-state index contributed by atoms with van der Waals surface area (Å²) in [5.74, 6) is 2.03. The number of benzene rings is 3. The lowest BCUT2D eigenvalue weighted by Gasteiger charge is -2.02. The van der Waals surface area contributed by atoms with Crippen LogP contribution >= 0.6 is 23.1 Å². The summed E-state index contributed by atoms with van der Waals surface area (Å²) in [5.41, 5.74) is 2.93. The predicted octanol–water partition coefficient (Wildman–Crippen LogP) is 5.42. The fraction of sp³-hybridized carbons (Fsp3) is 0.115. The normalized spacial score (nSPS) is 12.7. The molecule has 3 aromatic carbocycles. The Morgan fingerprint density at radius 1 is 1.06 bits per heavy atom. The molecule has 9 heteroatoms. The van der Waals surface area contributed by atoms with Crippen molar-refractivity contribution < 1.29 is 9.47 Å². The van der Waals surface area contributed by atoms with Gasteiger partial charge in [0.2, 0.25) is 11.9 Å². The number of ether oxygens (including phenoxy) is 2. The van der Waals surface area contributed by atoms with Gasteiger partial charge in [-0.2, -0.15) is 4.68 Å². The number of aromatic amines is 1. The van der Waals surface area contributed by atoms with E-state index >= 15 is 0 Å². The topological polar surface area (TPSA) is 81.5 Å². The highest BCUT2D eigenvalue weighted by molar-refractivity contribution is 7.98. The van der Waals surface area contributed by atoms with Crippen molar-refractivity contribution in [2.24, 2.45) is 4.99 Å². The van der Waals surface area contributed by atoms with E-state index in [1.165, 1.54) is 16.0 Å².